The summed E-state index contributed by atoms with van der Waals surface area (Å²) >= 11 is 5.77. The second-order valence-electron chi connectivity index (χ2n) is 5.64. The fourth-order valence-corrected chi connectivity index (χ4v) is 2.54. The second-order valence-corrected chi connectivity index (χ2v) is 8.51. The molecule has 0 fully saturated rings. The van der Waals surface area contributed by atoms with Gasteiger partial charge in [-0.25, -0.2) is 13.2 Å². The number of halogens is 1. The zero-order valence-corrected chi connectivity index (χ0v) is 15.6. The van der Waals surface area contributed by atoms with Crippen LogP contribution in [-0.4, -0.2) is 44.5 Å². The average Bonchev–Trinajstić information content (AvgIpc) is 2.36. The maximum absolute atomic E-state index is 11.8. The van der Waals surface area contributed by atoms with Gasteiger partial charge in [-0.3, -0.25) is 4.79 Å². The molecular formula is C14H24ClNO6S. The molecule has 0 aliphatic rings. The molecule has 7 nitrogen and oxygen atoms in total. The van der Waals surface area contributed by atoms with Crippen LogP contribution in [0.2, 0.25) is 0 Å². The molecule has 0 unspecified atom stereocenters. The third-order valence-electron chi connectivity index (χ3n) is 2.40. The van der Waals surface area contributed by atoms with Crippen LogP contribution in [0, 0.1) is 0 Å². The van der Waals surface area contributed by atoms with Gasteiger partial charge in [-0.2, -0.15) is 0 Å². The molecule has 0 aliphatic heterocycles. The lowest BCUT2D eigenvalue weighted by Crippen LogP contribution is -2.39. The zero-order valence-electron chi connectivity index (χ0n) is 14.0. The van der Waals surface area contributed by atoms with E-state index in [2.05, 4.69) is 5.32 Å². The molecule has 0 spiro atoms. The van der Waals surface area contributed by atoms with Crippen molar-refractivity contribution in [3.63, 3.8) is 0 Å². The number of ether oxygens (including phenoxy) is 2. The van der Waals surface area contributed by atoms with Gasteiger partial charge in [0.05, 0.1) is 24.8 Å². The third kappa shape index (κ3) is 9.45. The summed E-state index contributed by atoms with van der Waals surface area (Å²) in [4.78, 5) is 23.4. The van der Waals surface area contributed by atoms with Crippen molar-refractivity contribution in [2.24, 2.45) is 0 Å². The number of hydrogen-bond acceptors (Lipinski definition) is 6. The predicted molar refractivity (Wildman–Crippen MR) is 87.8 cm³/mol. The third-order valence-corrected chi connectivity index (χ3v) is 4.73. The van der Waals surface area contributed by atoms with E-state index < -0.39 is 37.9 Å². The van der Waals surface area contributed by atoms with Gasteiger partial charge < -0.3 is 14.8 Å². The van der Waals surface area contributed by atoms with Crippen LogP contribution in [-0.2, 0) is 24.1 Å². The van der Waals surface area contributed by atoms with E-state index in [9.17, 15) is 18.0 Å². The van der Waals surface area contributed by atoms with E-state index in [0.717, 1.165) is 6.08 Å². The van der Waals surface area contributed by atoms with Gasteiger partial charge in [0.1, 0.15) is 9.97 Å². The summed E-state index contributed by atoms with van der Waals surface area (Å²) in [6, 6.07) is -0.960. The Bertz CT molecular complexity index is 550. The minimum absolute atomic E-state index is 0.169. The highest BCUT2D eigenvalue weighted by Crippen LogP contribution is 2.15. The van der Waals surface area contributed by atoms with Gasteiger partial charge in [-0.05, 0) is 33.8 Å². The summed E-state index contributed by atoms with van der Waals surface area (Å²) in [5.74, 6) is -0.788. The number of alkyl carbamates (subject to hydrolysis) is 1. The maximum atomic E-state index is 11.8. The van der Waals surface area contributed by atoms with E-state index in [1.807, 2.05) is 0 Å². The number of carbonyl (C=O) groups is 2. The van der Waals surface area contributed by atoms with Gasteiger partial charge in [0.2, 0.25) is 0 Å². The topological polar surface area (TPSA) is 98.8 Å². The van der Waals surface area contributed by atoms with Gasteiger partial charge in [0.15, 0.2) is 9.84 Å². The molecular weight excluding hydrogens is 346 g/mol. The average molecular weight is 370 g/mol. The van der Waals surface area contributed by atoms with Crippen LogP contribution in [0.25, 0.3) is 0 Å². The van der Waals surface area contributed by atoms with Gasteiger partial charge in [-0.15, -0.1) is 0 Å². The lowest BCUT2D eigenvalue weighted by atomic mass is 10.2. The Morgan fingerprint density at radius 3 is 2.26 bits per heavy atom. The highest BCUT2D eigenvalue weighted by molar-refractivity contribution is 7.96. The SMILES string of the molecule is CCOC(=O)C[C@@H](/C=C(\Cl)S(=O)(=O)CC)NC(=O)OC(C)(C)C. The Labute approximate surface area is 142 Å². The van der Waals surface area contributed by atoms with Crippen molar-refractivity contribution in [1.82, 2.24) is 5.32 Å². The number of rotatable bonds is 7. The van der Waals surface area contributed by atoms with E-state index in [4.69, 9.17) is 21.1 Å². The van der Waals surface area contributed by atoms with Crippen molar-refractivity contribution in [2.45, 2.75) is 52.7 Å². The van der Waals surface area contributed by atoms with E-state index in [1.165, 1.54) is 6.92 Å². The van der Waals surface area contributed by atoms with E-state index in [0.29, 0.717) is 0 Å². The summed E-state index contributed by atoms with van der Waals surface area (Å²) in [5.41, 5.74) is -0.735. The number of nitrogens with one attached hydrogen (secondary N) is 1. The van der Waals surface area contributed by atoms with Crippen LogP contribution in [0.15, 0.2) is 10.4 Å². The molecule has 0 aromatic carbocycles. The Hall–Kier alpha value is -1.28. The number of esters is 1. The van der Waals surface area contributed by atoms with Crippen molar-refractivity contribution in [1.29, 1.82) is 0 Å². The number of carbonyl (C=O) groups excluding carboxylic acids is 2. The van der Waals surface area contributed by atoms with Crippen molar-refractivity contribution in [2.75, 3.05) is 12.4 Å². The zero-order chi connectivity index (χ0) is 18.3. The molecule has 0 aromatic rings. The molecule has 1 atom stereocenters. The summed E-state index contributed by atoms with van der Waals surface area (Å²) in [6.45, 7) is 8.28. The smallest absolute Gasteiger partial charge is 0.408 e. The quantitative estimate of drug-likeness (QED) is 0.691. The molecule has 1 N–H and O–H groups in total. The minimum atomic E-state index is -3.63. The van der Waals surface area contributed by atoms with Crippen LogP contribution in [0.3, 0.4) is 0 Å². The molecule has 9 heteroatoms. The Balaban J connectivity index is 5.21. The summed E-state index contributed by atoms with van der Waals surface area (Å²) in [6.07, 6.45) is 0.0467. The van der Waals surface area contributed by atoms with E-state index in [-0.39, 0.29) is 18.8 Å². The highest BCUT2D eigenvalue weighted by atomic mass is 35.5. The standard InChI is InChI=1S/C14H24ClNO6S/c1-6-21-12(17)9-10(8-11(15)23(19,20)7-2)16-13(18)22-14(3,4)5/h8,10H,6-7,9H2,1-5H3,(H,16,18)/b11-8+/t10-/m1/s1. The molecule has 0 bridgehead atoms. The highest BCUT2D eigenvalue weighted by Gasteiger charge is 2.23. The van der Waals surface area contributed by atoms with Crippen LogP contribution in [0.4, 0.5) is 4.79 Å². The molecule has 0 saturated carbocycles. The second kappa shape index (κ2) is 9.12. The monoisotopic (exact) mass is 369 g/mol. The van der Waals surface area contributed by atoms with E-state index in [1.54, 1.807) is 27.7 Å². The van der Waals surface area contributed by atoms with Crippen LogP contribution >= 0.6 is 11.6 Å². The van der Waals surface area contributed by atoms with Crippen molar-refractivity contribution in [3.05, 3.63) is 10.4 Å². The fourth-order valence-electron chi connectivity index (χ4n) is 1.41. The molecule has 23 heavy (non-hydrogen) atoms. The summed E-state index contributed by atoms with van der Waals surface area (Å²) in [5, 5.41) is 2.40. The van der Waals surface area contributed by atoms with Crippen molar-refractivity contribution < 1.29 is 27.5 Å². The molecule has 0 heterocycles. The lowest BCUT2D eigenvalue weighted by Gasteiger charge is -2.22. The maximum Gasteiger partial charge on any atom is 0.408 e. The molecule has 134 valence electrons. The van der Waals surface area contributed by atoms with Crippen LogP contribution in [0.5, 0.6) is 0 Å². The van der Waals surface area contributed by atoms with Crippen LogP contribution in [0.1, 0.15) is 41.0 Å². The van der Waals surface area contributed by atoms with Gasteiger partial charge in [0, 0.05) is 0 Å². The molecule has 0 saturated heterocycles. The first-order chi connectivity index (χ1) is 10.4. The van der Waals surface area contributed by atoms with E-state index >= 15 is 0 Å². The molecule has 0 radical (unpaired) electrons. The summed E-state index contributed by atoms with van der Waals surface area (Å²) < 4.78 is 32.8. The summed E-state index contributed by atoms with van der Waals surface area (Å²) in [7, 11) is -3.63. The number of hydrogen-bond donors (Lipinski definition) is 1. The fraction of sp³-hybridized carbons (Fsp3) is 0.714. The lowest BCUT2D eigenvalue weighted by molar-refractivity contribution is -0.143. The Morgan fingerprint density at radius 1 is 1.26 bits per heavy atom. The molecule has 0 rings (SSSR count). The minimum Gasteiger partial charge on any atom is -0.466 e. The van der Waals surface area contributed by atoms with Gasteiger partial charge >= 0.3 is 12.1 Å². The van der Waals surface area contributed by atoms with Gasteiger partial charge in [0.25, 0.3) is 0 Å². The van der Waals surface area contributed by atoms with Crippen LogP contribution < -0.4 is 5.32 Å². The molecule has 0 aliphatic carbocycles. The van der Waals surface area contributed by atoms with Gasteiger partial charge in [-0.1, -0.05) is 18.5 Å². The first-order valence-electron chi connectivity index (χ1n) is 7.16. The molecule has 0 aromatic heterocycles. The number of sulfone groups is 1. The normalized spacial score (nSPS) is 14.1. The van der Waals surface area contributed by atoms with Crippen molar-refractivity contribution >= 4 is 33.5 Å². The molecule has 1 amide bonds. The Kier molecular flexibility index (Phi) is 8.61. The Morgan fingerprint density at radius 2 is 1.83 bits per heavy atom. The first-order valence-corrected chi connectivity index (χ1v) is 9.19. The first kappa shape index (κ1) is 21.7. The van der Waals surface area contributed by atoms with Crippen molar-refractivity contribution in [3.8, 4) is 0 Å². The number of amides is 1. The largest absolute Gasteiger partial charge is 0.466 e. The predicted octanol–water partition coefficient (Wildman–Crippen LogP) is 2.35.